The quantitative estimate of drug-likeness (QED) is 0.716. The molecule has 1 aromatic carbocycles. The fraction of sp³-hybridized carbons (Fsp3) is 0.417. The van der Waals surface area contributed by atoms with Crippen molar-refractivity contribution in [3.05, 3.63) is 29.8 Å². The Morgan fingerprint density at radius 2 is 2.21 bits per heavy atom. The molecule has 1 aliphatic heterocycles. The lowest BCUT2D eigenvalue weighted by Gasteiger charge is -2.09. The lowest BCUT2D eigenvalue weighted by molar-refractivity contribution is 0.339. The summed E-state index contributed by atoms with van der Waals surface area (Å²) in [6, 6.07) is 8.15. The average Bonchev–Trinajstić information content (AvgIpc) is 2.72. The van der Waals surface area contributed by atoms with Crippen LogP contribution in [0.4, 0.5) is 0 Å². The number of rotatable bonds is 3. The summed E-state index contributed by atoms with van der Waals surface area (Å²) in [5.41, 5.74) is 2.38. The van der Waals surface area contributed by atoms with E-state index in [2.05, 4.69) is 11.1 Å². The topological polar surface area (TPSA) is 21.6 Å². The van der Waals surface area contributed by atoms with E-state index in [1.54, 1.807) is 0 Å². The van der Waals surface area contributed by atoms with Gasteiger partial charge in [-0.2, -0.15) is 0 Å². The minimum Gasteiger partial charge on any atom is -0.493 e. The molecule has 0 saturated heterocycles. The van der Waals surface area contributed by atoms with Crippen LogP contribution in [-0.2, 0) is 0 Å². The van der Waals surface area contributed by atoms with Gasteiger partial charge >= 0.3 is 0 Å². The minimum absolute atomic E-state index is 0.713. The predicted octanol–water partition coefficient (Wildman–Crippen LogP) is 2.67. The first-order valence-electron chi connectivity index (χ1n) is 5.17. The summed E-state index contributed by atoms with van der Waals surface area (Å²) in [5, 5.41) is 0. The summed E-state index contributed by atoms with van der Waals surface area (Å²) in [6.07, 6.45) is 2.26. The average molecular weight is 189 g/mol. The zero-order chi connectivity index (χ0) is 9.80. The Hall–Kier alpha value is -1.31. The summed E-state index contributed by atoms with van der Waals surface area (Å²) >= 11 is 0. The van der Waals surface area contributed by atoms with E-state index in [1.807, 2.05) is 25.1 Å². The molecule has 0 N–H and O–H groups in total. The van der Waals surface area contributed by atoms with E-state index in [4.69, 9.17) is 4.74 Å². The van der Waals surface area contributed by atoms with Crippen molar-refractivity contribution in [1.29, 1.82) is 0 Å². The molecule has 0 saturated carbocycles. The normalized spacial score (nSPS) is 15.4. The maximum absolute atomic E-state index is 5.57. The zero-order valence-corrected chi connectivity index (χ0v) is 8.49. The third-order valence-corrected chi connectivity index (χ3v) is 2.37. The van der Waals surface area contributed by atoms with Gasteiger partial charge in [-0.3, -0.25) is 4.99 Å². The van der Waals surface area contributed by atoms with Crippen molar-refractivity contribution < 1.29 is 4.74 Å². The van der Waals surface area contributed by atoms with E-state index >= 15 is 0 Å². The second-order valence-corrected chi connectivity index (χ2v) is 3.36. The first kappa shape index (κ1) is 9.25. The highest BCUT2D eigenvalue weighted by molar-refractivity contribution is 6.03. The number of aliphatic imine (C=N–C) groups is 1. The van der Waals surface area contributed by atoms with Gasteiger partial charge in [0.25, 0.3) is 0 Å². The third kappa shape index (κ3) is 1.79. The van der Waals surface area contributed by atoms with E-state index in [-0.39, 0.29) is 0 Å². The molecular weight excluding hydrogens is 174 g/mol. The van der Waals surface area contributed by atoms with Gasteiger partial charge in [-0.25, -0.2) is 0 Å². The SMILES string of the molecule is CCOc1ccccc1C1=NCCC1. The number of ether oxygens (including phenoxy) is 1. The van der Waals surface area contributed by atoms with Crippen LogP contribution < -0.4 is 4.74 Å². The van der Waals surface area contributed by atoms with Gasteiger partial charge in [0.2, 0.25) is 0 Å². The highest BCUT2D eigenvalue weighted by atomic mass is 16.5. The maximum Gasteiger partial charge on any atom is 0.128 e. The van der Waals surface area contributed by atoms with E-state index in [0.717, 1.165) is 18.7 Å². The van der Waals surface area contributed by atoms with Gasteiger partial charge in [-0.15, -0.1) is 0 Å². The highest BCUT2D eigenvalue weighted by Gasteiger charge is 2.12. The molecule has 74 valence electrons. The van der Waals surface area contributed by atoms with Crippen molar-refractivity contribution in [2.45, 2.75) is 19.8 Å². The van der Waals surface area contributed by atoms with Gasteiger partial charge in [-0.05, 0) is 31.9 Å². The molecule has 0 aromatic heterocycles. The Kier molecular flexibility index (Phi) is 2.82. The second kappa shape index (κ2) is 4.27. The number of hydrogen-bond donors (Lipinski definition) is 0. The van der Waals surface area contributed by atoms with Gasteiger partial charge in [0.05, 0.1) is 6.61 Å². The van der Waals surface area contributed by atoms with Crippen LogP contribution in [0, 0.1) is 0 Å². The molecule has 2 nitrogen and oxygen atoms in total. The second-order valence-electron chi connectivity index (χ2n) is 3.36. The summed E-state index contributed by atoms with van der Waals surface area (Å²) < 4.78 is 5.57. The molecule has 1 aliphatic rings. The smallest absolute Gasteiger partial charge is 0.128 e. The molecule has 0 spiro atoms. The molecule has 2 heteroatoms. The Morgan fingerprint density at radius 1 is 1.36 bits per heavy atom. The van der Waals surface area contributed by atoms with Crippen molar-refractivity contribution in [2.24, 2.45) is 4.99 Å². The fourth-order valence-electron chi connectivity index (χ4n) is 1.75. The standard InChI is InChI=1S/C12H15NO/c1-2-14-12-8-4-3-6-10(12)11-7-5-9-13-11/h3-4,6,8H,2,5,7,9H2,1H3. The van der Waals surface area contributed by atoms with Crippen LogP contribution in [0.5, 0.6) is 5.75 Å². The monoisotopic (exact) mass is 189 g/mol. The molecule has 0 amide bonds. The van der Waals surface area contributed by atoms with Crippen LogP contribution in [0.1, 0.15) is 25.3 Å². The molecule has 0 radical (unpaired) electrons. The first-order valence-corrected chi connectivity index (χ1v) is 5.17. The van der Waals surface area contributed by atoms with Crippen LogP contribution in [0.15, 0.2) is 29.3 Å². The van der Waals surface area contributed by atoms with Gasteiger partial charge in [0.15, 0.2) is 0 Å². The molecule has 14 heavy (non-hydrogen) atoms. The molecule has 0 fully saturated rings. The highest BCUT2D eigenvalue weighted by Crippen LogP contribution is 2.23. The van der Waals surface area contributed by atoms with Crippen LogP contribution in [0.2, 0.25) is 0 Å². The van der Waals surface area contributed by atoms with Crippen molar-refractivity contribution in [1.82, 2.24) is 0 Å². The molecule has 2 rings (SSSR count). The number of benzene rings is 1. The first-order chi connectivity index (χ1) is 6.92. The van der Waals surface area contributed by atoms with Crippen LogP contribution in [0.25, 0.3) is 0 Å². The van der Waals surface area contributed by atoms with Crippen molar-refractivity contribution in [3.63, 3.8) is 0 Å². The third-order valence-electron chi connectivity index (χ3n) is 2.37. The maximum atomic E-state index is 5.57. The van der Waals surface area contributed by atoms with E-state index in [0.29, 0.717) is 6.61 Å². The molecule has 0 atom stereocenters. The summed E-state index contributed by atoms with van der Waals surface area (Å²) in [4.78, 5) is 4.49. The molecule has 1 heterocycles. The summed E-state index contributed by atoms with van der Waals surface area (Å²) in [6.45, 7) is 3.69. The minimum atomic E-state index is 0.713. The fourth-order valence-corrected chi connectivity index (χ4v) is 1.75. The Labute approximate surface area is 84.6 Å². The molecular formula is C12H15NO. The van der Waals surface area contributed by atoms with Crippen LogP contribution in [-0.4, -0.2) is 18.9 Å². The lowest BCUT2D eigenvalue weighted by Crippen LogP contribution is -2.02. The van der Waals surface area contributed by atoms with E-state index < -0.39 is 0 Å². The van der Waals surface area contributed by atoms with Gasteiger partial charge in [0, 0.05) is 17.8 Å². The summed E-state index contributed by atoms with van der Waals surface area (Å²) in [5.74, 6) is 0.968. The lowest BCUT2D eigenvalue weighted by atomic mass is 10.1. The van der Waals surface area contributed by atoms with Crippen LogP contribution in [0.3, 0.4) is 0 Å². The summed E-state index contributed by atoms with van der Waals surface area (Å²) in [7, 11) is 0. The van der Waals surface area contributed by atoms with Crippen LogP contribution >= 0.6 is 0 Å². The Balaban J connectivity index is 2.31. The van der Waals surface area contributed by atoms with Crippen molar-refractivity contribution in [3.8, 4) is 5.75 Å². The largest absolute Gasteiger partial charge is 0.493 e. The number of nitrogens with zero attached hydrogens (tertiary/aromatic N) is 1. The van der Waals surface area contributed by atoms with E-state index in [1.165, 1.54) is 17.7 Å². The zero-order valence-electron chi connectivity index (χ0n) is 8.49. The molecule has 0 unspecified atom stereocenters. The molecule has 1 aromatic rings. The number of hydrogen-bond acceptors (Lipinski definition) is 2. The van der Waals surface area contributed by atoms with Gasteiger partial charge in [0.1, 0.15) is 5.75 Å². The predicted molar refractivity (Wildman–Crippen MR) is 58.2 cm³/mol. The molecule has 0 bridgehead atoms. The van der Waals surface area contributed by atoms with Crippen molar-refractivity contribution in [2.75, 3.05) is 13.2 Å². The van der Waals surface area contributed by atoms with Gasteiger partial charge in [-0.1, -0.05) is 12.1 Å². The van der Waals surface area contributed by atoms with E-state index in [9.17, 15) is 0 Å². The Bertz CT molecular complexity index is 344. The van der Waals surface area contributed by atoms with Gasteiger partial charge < -0.3 is 4.74 Å². The number of para-hydroxylation sites is 1. The molecule has 0 aliphatic carbocycles. The Morgan fingerprint density at radius 3 is 2.93 bits per heavy atom. The van der Waals surface area contributed by atoms with Crippen molar-refractivity contribution >= 4 is 5.71 Å².